The van der Waals surface area contributed by atoms with Crippen molar-refractivity contribution in [2.24, 2.45) is 5.73 Å². The molecule has 0 spiro atoms. The molecular formula is C32H32F2N6O5. The number of benzene rings is 3. The summed E-state index contributed by atoms with van der Waals surface area (Å²) >= 11 is 0. The second kappa shape index (κ2) is 13.6. The summed E-state index contributed by atoms with van der Waals surface area (Å²) in [6.45, 7) is 3.61. The van der Waals surface area contributed by atoms with E-state index >= 15 is 0 Å². The molecule has 3 aromatic rings. The molecule has 2 fully saturated rings. The molecule has 0 radical (unpaired) electrons. The highest BCUT2D eigenvalue weighted by Gasteiger charge is 2.51. The first-order valence-electron chi connectivity index (χ1n) is 14.2. The number of carbonyl (C=O) groups excluding carboxylic acids is 4. The van der Waals surface area contributed by atoms with Gasteiger partial charge >= 0.3 is 12.1 Å². The van der Waals surface area contributed by atoms with Crippen LogP contribution in [0.5, 0.6) is 5.75 Å². The summed E-state index contributed by atoms with van der Waals surface area (Å²) in [6.07, 6.45) is -0.329. The standard InChI is InChI=1S/C32H32F2N6O5/c1-2-14-38-20-29(41)39-27(15-21-8-12-25(13-9-21)45-31(35)43)30(42)37(18-23-10-11-24(33)16-26(23)34)19-28(39)40(38)32(44)36-17-22-6-4-3-5-7-22/h2-13,16,27-28H,1,14-15,17-20H2,(H2,35,43)(H,36,44). The maximum atomic E-state index is 14.7. The van der Waals surface area contributed by atoms with E-state index < -0.39 is 41.9 Å². The fraction of sp³-hybridized carbons (Fsp3) is 0.250. The highest BCUT2D eigenvalue weighted by molar-refractivity contribution is 5.91. The van der Waals surface area contributed by atoms with Gasteiger partial charge in [0.15, 0.2) is 0 Å². The van der Waals surface area contributed by atoms with E-state index in [1.807, 2.05) is 30.3 Å². The smallest absolute Gasteiger partial charge is 0.409 e. The molecule has 234 valence electrons. The minimum atomic E-state index is -1.07. The summed E-state index contributed by atoms with van der Waals surface area (Å²) < 4.78 is 33.3. The maximum Gasteiger partial charge on any atom is 0.409 e. The van der Waals surface area contributed by atoms with Crippen molar-refractivity contribution >= 4 is 23.9 Å². The number of nitrogens with one attached hydrogen (secondary N) is 1. The summed E-state index contributed by atoms with van der Waals surface area (Å²) in [5.41, 5.74) is 6.66. The van der Waals surface area contributed by atoms with Gasteiger partial charge in [0, 0.05) is 37.7 Å². The monoisotopic (exact) mass is 618 g/mol. The van der Waals surface area contributed by atoms with Crippen LogP contribution in [0, 0.1) is 11.6 Å². The predicted molar refractivity (Wildman–Crippen MR) is 159 cm³/mol. The zero-order chi connectivity index (χ0) is 32.1. The number of halogens is 2. The number of piperazine rings is 1. The molecule has 13 heteroatoms. The number of carbonyl (C=O) groups is 4. The predicted octanol–water partition coefficient (Wildman–Crippen LogP) is 3.16. The topological polar surface area (TPSA) is 129 Å². The average Bonchev–Trinajstić information content (AvgIpc) is 3.00. The minimum absolute atomic E-state index is 0.0429. The molecule has 45 heavy (non-hydrogen) atoms. The molecule has 0 bridgehead atoms. The molecule has 2 aliphatic heterocycles. The Kier molecular flexibility index (Phi) is 9.38. The third-order valence-electron chi connectivity index (χ3n) is 7.61. The summed E-state index contributed by atoms with van der Waals surface area (Å²) in [4.78, 5) is 55.4. The lowest BCUT2D eigenvalue weighted by molar-refractivity contribution is -0.189. The van der Waals surface area contributed by atoms with Crippen LogP contribution in [0.4, 0.5) is 18.4 Å². The average molecular weight is 619 g/mol. The van der Waals surface area contributed by atoms with E-state index in [2.05, 4.69) is 11.9 Å². The molecule has 3 N–H and O–H groups in total. The van der Waals surface area contributed by atoms with Crippen molar-refractivity contribution in [1.29, 1.82) is 0 Å². The molecule has 2 atom stereocenters. The van der Waals surface area contributed by atoms with Gasteiger partial charge in [0.1, 0.15) is 29.6 Å². The Hall–Kier alpha value is -5.30. The van der Waals surface area contributed by atoms with Crippen LogP contribution in [0.1, 0.15) is 16.7 Å². The first-order chi connectivity index (χ1) is 21.6. The van der Waals surface area contributed by atoms with Gasteiger partial charge in [-0.15, -0.1) is 6.58 Å². The Morgan fingerprint density at radius 1 is 1.02 bits per heavy atom. The number of rotatable bonds is 9. The number of hydrogen-bond acceptors (Lipinski definition) is 6. The van der Waals surface area contributed by atoms with Crippen LogP contribution in [0.15, 0.2) is 85.5 Å². The van der Waals surface area contributed by atoms with Gasteiger partial charge in [-0.25, -0.2) is 28.4 Å². The molecule has 0 aromatic heterocycles. The number of urea groups is 1. The molecule has 2 heterocycles. The Labute approximate surface area is 258 Å². The number of hydrogen-bond donors (Lipinski definition) is 2. The highest BCUT2D eigenvalue weighted by Crippen LogP contribution is 2.30. The molecule has 5 rings (SSSR count). The molecular weight excluding hydrogens is 586 g/mol. The van der Waals surface area contributed by atoms with Gasteiger partial charge in [0.25, 0.3) is 0 Å². The summed E-state index contributed by atoms with van der Waals surface area (Å²) in [7, 11) is 0. The van der Waals surface area contributed by atoms with Crippen LogP contribution in [0.3, 0.4) is 0 Å². The number of nitrogens with two attached hydrogens (primary N) is 1. The van der Waals surface area contributed by atoms with Crippen LogP contribution in [0.25, 0.3) is 0 Å². The van der Waals surface area contributed by atoms with Crippen LogP contribution >= 0.6 is 0 Å². The minimum Gasteiger partial charge on any atom is -0.411 e. The van der Waals surface area contributed by atoms with Crippen molar-refractivity contribution in [3.63, 3.8) is 0 Å². The third kappa shape index (κ3) is 7.10. The van der Waals surface area contributed by atoms with Gasteiger partial charge in [0.05, 0.1) is 13.1 Å². The second-order valence-corrected chi connectivity index (χ2v) is 10.6. The van der Waals surface area contributed by atoms with Crippen LogP contribution < -0.4 is 15.8 Å². The third-order valence-corrected chi connectivity index (χ3v) is 7.61. The fourth-order valence-electron chi connectivity index (χ4n) is 5.59. The van der Waals surface area contributed by atoms with E-state index in [0.29, 0.717) is 5.56 Å². The largest absolute Gasteiger partial charge is 0.411 e. The Balaban J connectivity index is 1.49. The number of ether oxygens (including phenoxy) is 1. The number of hydrazine groups is 1. The van der Waals surface area contributed by atoms with E-state index in [1.165, 1.54) is 33.0 Å². The Bertz CT molecular complexity index is 1590. The maximum absolute atomic E-state index is 14.7. The van der Waals surface area contributed by atoms with Gasteiger partial charge < -0.3 is 25.6 Å². The quantitative estimate of drug-likeness (QED) is 0.355. The van der Waals surface area contributed by atoms with Crippen molar-refractivity contribution in [3.05, 3.63) is 114 Å². The number of amides is 5. The van der Waals surface area contributed by atoms with Crippen LogP contribution in [-0.2, 0) is 29.1 Å². The van der Waals surface area contributed by atoms with E-state index in [4.69, 9.17) is 10.5 Å². The van der Waals surface area contributed by atoms with Crippen molar-refractivity contribution in [1.82, 2.24) is 25.1 Å². The zero-order valence-electron chi connectivity index (χ0n) is 24.3. The molecule has 3 aromatic carbocycles. The van der Waals surface area contributed by atoms with E-state index in [-0.39, 0.29) is 56.4 Å². The number of fused-ring (bicyclic) bond motifs is 1. The molecule has 2 saturated heterocycles. The Morgan fingerprint density at radius 3 is 2.42 bits per heavy atom. The van der Waals surface area contributed by atoms with Crippen molar-refractivity contribution in [2.45, 2.75) is 31.7 Å². The summed E-state index contributed by atoms with van der Waals surface area (Å²) in [5, 5.41) is 5.86. The van der Waals surface area contributed by atoms with Gasteiger partial charge in [-0.1, -0.05) is 54.6 Å². The van der Waals surface area contributed by atoms with E-state index in [9.17, 15) is 28.0 Å². The molecule has 5 amide bonds. The molecule has 2 unspecified atom stereocenters. The Morgan fingerprint density at radius 2 is 1.76 bits per heavy atom. The lowest BCUT2D eigenvalue weighted by Crippen LogP contribution is -2.76. The van der Waals surface area contributed by atoms with Crippen LogP contribution in [0.2, 0.25) is 0 Å². The number of primary amides is 1. The van der Waals surface area contributed by atoms with Crippen molar-refractivity contribution in [2.75, 3.05) is 19.6 Å². The summed E-state index contributed by atoms with van der Waals surface area (Å²) in [5.74, 6) is -2.23. The van der Waals surface area contributed by atoms with E-state index in [0.717, 1.165) is 17.7 Å². The molecule has 0 saturated carbocycles. The normalized spacial score (nSPS) is 18.4. The molecule has 2 aliphatic rings. The molecule has 11 nitrogen and oxygen atoms in total. The lowest BCUT2D eigenvalue weighted by atomic mass is 9.98. The van der Waals surface area contributed by atoms with Gasteiger partial charge in [-0.05, 0) is 29.3 Å². The lowest BCUT2D eigenvalue weighted by Gasteiger charge is -2.55. The zero-order valence-corrected chi connectivity index (χ0v) is 24.3. The first-order valence-corrected chi connectivity index (χ1v) is 14.2. The highest BCUT2D eigenvalue weighted by atomic mass is 19.1. The number of nitrogens with zero attached hydrogens (tertiary/aromatic N) is 4. The van der Waals surface area contributed by atoms with Gasteiger partial charge in [-0.2, -0.15) is 0 Å². The second-order valence-electron chi connectivity index (χ2n) is 10.6. The SMILES string of the molecule is C=CCN1CC(=O)N2C(Cc3ccc(OC(N)=O)cc3)C(=O)N(Cc3ccc(F)cc3F)CC2N1C(=O)NCc1ccccc1. The molecule has 0 aliphatic carbocycles. The van der Waals surface area contributed by atoms with Gasteiger partial charge in [-0.3, -0.25) is 9.59 Å². The van der Waals surface area contributed by atoms with Crippen molar-refractivity contribution < 1.29 is 32.7 Å². The van der Waals surface area contributed by atoms with Crippen LogP contribution in [-0.4, -0.2) is 75.6 Å². The van der Waals surface area contributed by atoms with E-state index in [1.54, 1.807) is 23.2 Å². The first kappa shape index (κ1) is 31.1. The van der Waals surface area contributed by atoms with Crippen molar-refractivity contribution in [3.8, 4) is 5.75 Å². The fourth-order valence-corrected chi connectivity index (χ4v) is 5.59. The summed E-state index contributed by atoms with van der Waals surface area (Å²) in [6, 6.07) is 17.1. The van der Waals surface area contributed by atoms with Gasteiger partial charge in [0.2, 0.25) is 11.8 Å².